The molecule has 3 heterocycles. The van der Waals surface area contributed by atoms with E-state index in [0.29, 0.717) is 12.4 Å². The van der Waals surface area contributed by atoms with Crippen molar-refractivity contribution in [2.24, 2.45) is 0 Å². The van der Waals surface area contributed by atoms with E-state index < -0.39 is 17.7 Å². The zero-order chi connectivity index (χ0) is 20.5. The normalized spacial score (nSPS) is 15.9. The Morgan fingerprint density at radius 2 is 1.86 bits per heavy atom. The van der Waals surface area contributed by atoms with Gasteiger partial charge in [0.25, 0.3) is 0 Å². The van der Waals surface area contributed by atoms with Crippen LogP contribution in [-0.2, 0) is 6.54 Å². The Hall–Kier alpha value is -2.16. The molecular weight excluding hydrogens is 394 g/mol. The number of aliphatic hydroxyl groups excluding tert-OH is 1. The summed E-state index contributed by atoms with van der Waals surface area (Å²) in [5, 5.41) is 14.4. The number of fused-ring (bicyclic) bond motifs is 1. The van der Waals surface area contributed by atoms with Gasteiger partial charge >= 0.3 is 0 Å². The third kappa shape index (κ3) is 4.10. The van der Waals surface area contributed by atoms with E-state index in [-0.39, 0.29) is 12.1 Å². The first kappa shape index (κ1) is 20.1. The highest BCUT2D eigenvalue weighted by Crippen LogP contribution is 2.34. The highest BCUT2D eigenvalue weighted by Gasteiger charge is 2.21. The number of likely N-dealkylation sites (tertiary alicyclic amines) is 1. The van der Waals surface area contributed by atoms with Gasteiger partial charge in [-0.1, -0.05) is 6.07 Å². The van der Waals surface area contributed by atoms with Crippen molar-refractivity contribution in [3.8, 4) is 0 Å². The summed E-state index contributed by atoms with van der Waals surface area (Å²) >= 11 is 1.61. The van der Waals surface area contributed by atoms with E-state index in [9.17, 15) is 13.9 Å². The number of nitrogens with one attached hydrogen (secondary N) is 1. The van der Waals surface area contributed by atoms with Crippen molar-refractivity contribution in [3.63, 3.8) is 0 Å². The highest BCUT2D eigenvalue weighted by molar-refractivity contribution is 7.18. The molecule has 4 rings (SSSR count). The van der Waals surface area contributed by atoms with Gasteiger partial charge in [0.05, 0.1) is 17.5 Å². The predicted molar refractivity (Wildman–Crippen MR) is 111 cm³/mol. The van der Waals surface area contributed by atoms with Crippen LogP contribution in [0.5, 0.6) is 0 Å². The van der Waals surface area contributed by atoms with E-state index in [0.717, 1.165) is 51.7 Å². The number of nitrogens with zero attached hydrogens (tertiary/aromatic N) is 3. The van der Waals surface area contributed by atoms with Gasteiger partial charge < -0.3 is 10.4 Å². The number of halogens is 2. The second-order valence-electron chi connectivity index (χ2n) is 7.47. The van der Waals surface area contributed by atoms with Gasteiger partial charge in [0, 0.05) is 11.4 Å². The Morgan fingerprint density at radius 1 is 1.17 bits per heavy atom. The number of aromatic nitrogens is 2. The molecule has 0 saturated carbocycles. The minimum Gasteiger partial charge on any atom is -0.386 e. The lowest BCUT2D eigenvalue weighted by atomic mass is 10.1. The van der Waals surface area contributed by atoms with Gasteiger partial charge in [-0.15, -0.1) is 11.3 Å². The van der Waals surface area contributed by atoms with E-state index in [4.69, 9.17) is 9.97 Å². The molecule has 1 aliphatic rings. The number of aliphatic hydroxyl groups is 1. The summed E-state index contributed by atoms with van der Waals surface area (Å²) in [5.41, 5.74) is 0.743. The molecule has 1 aromatic carbocycles. The standard InChI is InChI=1S/C21H24F2N4OS/c1-12-13(2)29-21-18(12)20(25-17(26-21)11-27-8-3-4-9-27)24-10-16(28)19-14(22)6-5-7-15(19)23/h5-7,16,28H,3-4,8-11H2,1-2H3,(H,24,25,26). The zero-order valence-electron chi connectivity index (χ0n) is 16.5. The van der Waals surface area contributed by atoms with E-state index in [1.165, 1.54) is 18.9 Å². The second-order valence-corrected chi connectivity index (χ2v) is 8.67. The lowest BCUT2D eigenvalue weighted by Crippen LogP contribution is -2.21. The molecule has 8 heteroatoms. The van der Waals surface area contributed by atoms with Gasteiger partial charge in [-0.05, 0) is 57.5 Å². The number of rotatable bonds is 6. The first-order valence-electron chi connectivity index (χ1n) is 9.79. The average Bonchev–Trinajstić information content (AvgIpc) is 3.28. The molecule has 3 aromatic rings. The molecule has 1 atom stereocenters. The van der Waals surface area contributed by atoms with Crippen LogP contribution in [0.3, 0.4) is 0 Å². The van der Waals surface area contributed by atoms with Gasteiger partial charge in [0.2, 0.25) is 0 Å². The third-order valence-corrected chi connectivity index (χ3v) is 6.54. The van der Waals surface area contributed by atoms with Gasteiger partial charge in [-0.3, -0.25) is 4.90 Å². The molecular formula is C21H24F2N4OS. The molecule has 0 spiro atoms. The smallest absolute Gasteiger partial charge is 0.146 e. The summed E-state index contributed by atoms with van der Waals surface area (Å²) < 4.78 is 28.0. The Labute approximate surface area is 172 Å². The van der Waals surface area contributed by atoms with Crippen molar-refractivity contribution in [1.82, 2.24) is 14.9 Å². The molecule has 1 fully saturated rings. The number of anilines is 1. The van der Waals surface area contributed by atoms with E-state index in [1.807, 2.05) is 13.8 Å². The number of aryl methyl sites for hydroxylation is 2. The van der Waals surface area contributed by atoms with Crippen molar-refractivity contribution in [2.75, 3.05) is 25.0 Å². The van der Waals surface area contributed by atoms with Crippen LogP contribution in [0.1, 0.15) is 40.8 Å². The van der Waals surface area contributed by atoms with E-state index in [1.54, 1.807) is 11.3 Å². The van der Waals surface area contributed by atoms with Crippen LogP contribution in [-0.4, -0.2) is 39.6 Å². The predicted octanol–water partition coefficient (Wildman–Crippen LogP) is 4.33. The highest BCUT2D eigenvalue weighted by atomic mass is 32.1. The summed E-state index contributed by atoms with van der Waals surface area (Å²) in [6.07, 6.45) is 1.04. The molecule has 154 valence electrons. The largest absolute Gasteiger partial charge is 0.386 e. The fraction of sp³-hybridized carbons (Fsp3) is 0.429. The van der Waals surface area contributed by atoms with Crippen LogP contribution >= 0.6 is 11.3 Å². The van der Waals surface area contributed by atoms with Crippen LogP contribution in [0, 0.1) is 25.5 Å². The molecule has 1 aliphatic heterocycles. The molecule has 0 radical (unpaired) electrons. The summed E-state index contributed by atoms with van der Waals surface area (Å²) in [4.78, 5) is 13.8. The molecule has 0 aliphatic carbocycles. The van der Waals surface area contributed by atoms with Crippen molar-refractivity contribution in [1.29, 1.82) is 0 Å². The van der Waals surface area contributed by atoms with Gasteiger partial charge in [-0.25, -0.2) is 18.7 Å². The molecule has 2 N–H and O–H groups in total. The Balaban J connectivity index is 1.62. The maximum absolute atomic E-state index is 14.0. The molecule has 2 aromatic heterocycles. The fourth-order valence-electron chi connectivity index (χ4n) is 3.76. The van der Waals surface area contributed by atoms with Crippen LogP contribution in [0.25, 0.3) is 10.2 Å². The van der Waals surface area contributed by atoms with Crippen LogP contribution < -0.4 is 5.32 Å². The number of benzene rings is 1. The molecule has 1 saturated heterocycles. The van der Waals surface area contributed by atoms with Crippen LogP contribution in [0.4, 0.5) is 14.6 Å². The van der Waals surface area contributed by atoms with Crippen molar-refractivity contribution < 1.29 is 13.9 Å². The Bertz CT molecular complexity index is 1010. The Kier molecular flexibility index (Phi) is 5.76. The molecule has 5 nitrogen and oxygen atoms in total. The topological polar surface area (TPSA) is 61.3 Å². The van der Waals surface area contributed by atoms with Gasteiger partial charge in [0.1, 0.15) is 34.2 Å². The van der Waals surface area contributed by atoms with Crippen molar-refractivity contribution in [2.45, 2.75) is 39.3 Å². The van der Waals surface area contributed by atoms with Crippen molar-refractivity contribution >= 4 is 27.4 Å². The molecule has 0 amide bonds. The number of thiophene rings is 1. The lowest BCUT2D eigenvalue weighted by Gasteiger charge is -2.17. The Morgan fingerprint density at radius 3 is 2.55 bits per heavy atom. The summed E-state index contributed by atoms with van der Waals surface area (Å²) in [5.74, 6) is -0.203. The zero-order valence-corrected chi connectivity index (χ0v) is 17.3. The summed E-state index contributed by atoms with van der Waals surface area (Å²) in [6.45, 7) is 6.74. The molecule has 0 bridgehead atoms. The van der Waals surface area contributed by atoms with Crippen LogP contribution in [0.2, 0.25) is 0 Å². The fourth-order valence-corrected chi connectivity index (χ4v) is 4.81. The number of hydrogen-bond donors (Lipinski definition) is 2. The first-order valence-corrected chi connectivity index (χ1v) is 10.6. The lowest BCUT2D eigenvalue weighted by molar-refractivity contribution is 0.181. The van der Waals surface area contributed by atoms with Crippen LogP contribution in [0.15, 0.2) is 18.2 Å². The monoisotopic (exact) mass is 418 g/mol. The minimum atomic E-state index is -1.33. The molecule has 29 heavy (non-hydrogen) atoms. The van der Waals surface area contributed by atoms with Crippen molar-refractivity contribution in [3.05, 3.63) is 51.7 Å². The van der Waals surface area contributed by atoms with E-state index >= 15 is 0 Å². The van der Waals surface area contributed by atoms with Gasteiger partial charge in [-0.2, -0.15) is 0 Å². The minimum absolute atomic E-state index is 0.0541. The molecule has 1 unspecified atom stereocenters. The maximum Gasteiger partial charge on any atom is 0.146 e. The SMILES string of the molecule is Cc1sc2nc(CN3CCCC3)nc(NCC(O)c3c(F)cccc3F)c2c1C. The summed E-state index contributed by atoms with van der Waals surface area (Å²) in [6, 6.07) is 3.57. The quantitative estimate of drug-likeness (QED) is 0.624. The summed E-state index contributed by atoms with van der Waals surface area (Å²) in [7, 11) is 0. The number of hydrogen-bond acceptors (Lipinski definition) is 6. The maximum atomic E-state index is 14.0. The van der Waals surface area contributed by atoms with E-state index in [2.05, 4.69) is 10.2 Å². The third-order valence-electron chi connectivity index (χ3n) is 5.43. The average molecular weight is 419 g/mol. The second kappa shape index (κ2) is 8.30. The van der Waals surface area contributed by atoms with Gasteiger partial charge in [0.15, 0.2) is 0 Å². The first-order chi connectivity index (χ1) is 13.9.